The first-order valence-electron chi connectivity index (χ1n) is 8.63. The normalized spacial score (nSPS) is 30.0. The third-order valence-corrected chi connectivity index (χ3v) is 6.95. The number of benzene rings is 1. The van der Waals surface area contributed by atoms with Crippen molar-refractivity contribution in [3.63, 3.8) is 0 Å². The topological polar surface area (TPSA) is 43.9 Å². The van der Waals surface area contributed by atoms with Crippen molar-refractivity contribution in [3.8, 4) is 0 Å². The van der Waals surface area contributed by atoms with Crippen LogP contribution in [0.5, 0.6) is 0 Å². The third kappa shape index (κ3) is 2.57. The van der Waals surface area contributed by atoms with Gasteiger partial charge in [-0.1, -0.05) is 18.2 Å². The average Bonchev–Trinajstić information content (AvgIpc) is 3.11. The van der Waals surface area contributed by atoms with Crippen LogP contribution < -0.4 is 4.90 Å². The number of para-hydroxylation sites is 1. The maximum absolute atomic E-state index is 13.0. The van der Waals surface area contributed by atoms with Crippen LogP contribution in [0.4, 0.5) is 5.69 Å². The molecule has 1 aromatic rings. The first-order valence-corrected chi connectivity index (χ1v) is 9.62. The molecule has 2 amide bonds. The Labute approximate surface area is 147 Å². The van der Waals surface area contributed by atoms with E-state index in [1.807, 2.05) is 28.0 Å². The number of rotatable bonds is 2. The first kappa shape index (κ1) is 15.8. The number of thioether (sulfide) groups is 1. The number of hydrogen-bond acceptors (Lipinski definition) is 4. The number of amides is 2. The predicted octanol–water partition coefficient (Wildman–Crippen LogP) is 1.79. The summed E-state index contributed by atoms with van der Waals surface area (Å²) in [5.41, 5.74) is 1.21. The molecule has 0 N–H and O–H groups in total. The van der Waals surface area contributed by atoms with Gasteiger partial charge in [-0.2, -0.15) is 0 Å². The van der Waals surface area contributed by atoms with Crippen LogP contribution in [0.2, 0.25) is 0 Å². The molecule has 3 aliphatic heterocycles. The molecule has 1 aromatic carbocycles. The van der Waals surface area contributed by atoms with E-state index in [0.717, 1.165) is 38.4 Å². The lowest BCUT2D eigenvalue weighted by Crippen LogP contribution is -2.56. The maximum atomic E-state index is 13.0. The van der Waals surface area contributed by atoms with Crippen molar-refractivity contribution in [1.82, 2.24) is 9.80 Å². The van der Waals surface area contributed by atoms with Crippen molar-refractivity contribution in [2.45, 2.75) is 30.7 Å². The molecule has 0 aliphatic carbocycles. The minimum absolute atomic E-state index is 0.134. The van der Waals surface area contributed by atoms with Crippen LogP contribution >= 0.6 is 11.8 Å². The Hall–Kier alpha value is -1.69. The Morgan fingerprint density at radius 3 is 2.58 bits per heavy atom. The van der Waals surface area contributed by atoms with Crippen molar-refractivity contribution < 1.29 is 9.59 Å². The van der Waals surface area contributed by atoms with Gasteiger partial charge in [0.25, 0.3) is 0 Å². The van der Waals surface area contributed by atoms with Gasteiger partial charge in [0.2, 0.25) is 11.8 Å². The highest BCUT2D eigenvalue weighted by molar-refractivity contribution is 8.01. The van der Waals surface area contributed by atoms with Gasteiger partial charge in [0.1, 0.15) is 6.04 Å². The fourth-order valence-corrected chi connectivity index (χ4v) is 5.46. The zero-order chi connectivity index (χ0) is 16.7. The molecule has 0 radical (unpaired) electrons. The van der Waals surface area contributed by atoms with Gasteiger partial charge in [-0.15, -0.1) is 11.8 Å². The summed E-state index contributed by atoms with van der Waals surface area (Å²) in [6.07, 6.45) is 1.44. The maximum Gasteiger partial charge on any atom is 0.246 e. The predicted molar refractivity (Wildman–Crippen MR) is 96.0 cm³/mol. The van der Waals surface area contributed by atoms with E-state index in [1.54, 1.807) is 11.8 Å². The molecule has 3 aliphatic rings. The zero-order valence-electron chi connectivity index (χ0n) is 14.0. The smallest absolute Gasteiger partial charge is 0.246 e. The molecule has 24 heavy (non-hydrogen) atoms. The molecule has 3 fully saturated rings. The quantitative estimate of drug-likeness (QED) is 0.820. The van der Waals surface area contributed by atoms with E-state index < -0.39 is 0 Å². The number of carbonyl (C=O) groups excluding carboxylic acids is 2. The summed E-state index contributed by atoms with van der Waals surface area (Å²) in [6, 6.07) is 10.1. The summed E-state index contributed by atoms with van der Waals surface area (Å²) in [4.78, 5) is 31.2. The van der Waals surface area contributed by atoms with Gasteiger partial charge in [-0.05, 0) is 25.5 Å². The molecule has 0 unspecified atom stereocenters. The highest BCUT2D eigenvalue weighted by Gasteiger charge is 2.53. The molecule has 2 atom stereocenters. The van der Waals surface area contributed by atoms with E-state index in [4.69, 9.17) is 0 Å². The highest BCUT2D eigenvalue weighted by atomic mass is 32.2. The molecule has 5 nitrogen and oxygen atoms in total. The number of nitrogens with zero attached hydrogens (tertiary/aromatic N) is 3. The summed E-state index contributed by atoms with van der Waals surface area (Å²) in [7, 11) is 0. The Bertz CT molecular complexity index is 645. The second kappa shape index (κ2) is 5.99. The van der Waals surface area contributed by atoms with Gasteiger partial charge < -0.3 is 14.7 Å². The fraction of sp³-hybridized carbons (Fsp3) is 0.556. The van der Waals surface area contributed by atoms with Crippen LogP contribution in [0.1, 0.15) is 19.8 Å². The lowest BCUT2D eigenvalue weighted by atomic mass is 10.1. The number of piperazine rings is 1. The molecular formula is C18H23N3O2S. The van der Waals surface area contributed by atoms with Crippen LogP contribution in [0.25, 0.3) is 0 Å². The van der Waals surface area contributed by atoms with Gasteiger partial charge in [-0.25, -0.2) is 0 Å². The Morgan fingerprint density at radius 1 is 1.17 bits per heavy atom. The Balaban J connectivity index is 1.41. The second-order valence-corrected chi connectivity index (χ2v) is 8.41. The molecule has 4 rings (SSSR count). The first-order chi connectivity index (χ1) is 11.6. The minimum atomic E-state index is -0.265. The minimum Gasteiger partial charge on any atom is -0.368 e. The number of carbonyl (C=O) groups is 2. The van der Waals surface area contributed by atoms with Crippen LogP contribution in [0.3, 0.4) is 0 Å². The summed E-state index contributed by atoms with van der Waals surface area (Å²) in [5, 5.41) is 0. The van der Waals surface area contributed by atoms with Crippen molar-refractivity contribution in [3.05, 3.63) is 30.3 Å². The van der Waals surface area contributed by atoms with E-state index in [9.17, 15) is 9.59 Å². The van der Waals surface area contributed by atoms with Crippen molar-refractivity contribution in [2.24, 2.45) is 0 Å². The number of anilines is 1. The lowest BCUT2D eigenvalue weighted by molar-refractivity contribution is -0.143. The van der Waals surface area contributed by atoms with E-state index >= 15 is 0 Å². The van der Waals surface area contributed by atoms with Crippen LogP contribution in [-0.2, 0) is 9.59 Å². The van der Waals surface area contributed by atoms with Crippen molar-refractivity contribution in [2.75, 3.05) is 36.8 Å². The second-order valence-electron chi connectivity index (χ2n) is 6.91. The fourth-order valence-electron chi connectivity index (χ4n) is 4.04. The molecule has 0 bridgehead atoms. The Kier molecular flexibility index (Phi) is 3.95. The lowest BCUT2D eigenvalue weighted by Gasteiger charge is -2.39. The summed E-state index contributed by atoms with van der Waals surface area (Å²) < 4.78 is 0. The molecule has 0 aromatic heterocycles. The van der Waals surface area contributed by atoms with Crippen molar-refractivity contribution in [1.29, 1.82) is 0 Å². The van der Waals surface area contributed by atoms with E-state index in [1.165, 1.54) is 5.69 Å². The van der Waals surface area contributed by atoms with E-state index in [0.29, 0.717) is 6.42 Å². The molecule has 128 valence electrons. The summed E-state index contributed by atoms with van der Waals surface area (Å²) >= 11 is 1.76. The van der Waals surface area contributed by atoms with Crippen LogP contribution in [0, 0.1) is 0 Å². The van der Waals surface area contributed by atoms with Gasteiger partial charge in [0, 0.05) is 44.0 Å². The number of hydrogen-bond donors (Lipinski definition) is 0. The number of fused-ring (bicyclic) bond motifs is 1. The van der Waals surface area contributed by atoms with Crippen LogP contribution in [-0.4, -0.2) is 64.5 Å². The zero-order valence-corrected chi connectivity index (χ0v) is 14.8. The van der Waals surface area contributed by atoms with Crippen LogP contribution in [0.15, 0.2) is 30.3 Å². The molecule has 3 saturated heterocycles. The van der Waals surface area contributed by atoms with Gasteiger partial charge >= 0.3 is 0 Å². The van der Waals surface area contributed by atoms with Gasteiger partial charge in [0.05, 0.1) is 4.87 Å². The Morgan fingerprint density at radius 2 is 1.88 bits per heavy atom. The summed E-state index contributed by atoms with van der Waals surface area (Å²) in [5.74, 6) is 1.01. The molecule has 0 spiro atoms. The van der Waals surface area contributed by atoms with E-state index in [-0.39, 0.29) is 22.7 Å². The molecular weight excluding hydrogens is 322 g/mol. The van der Waals surface area contributed by atoms with Crippen molar-refractivity contribution >= 4 is 29.3 Å². The SMILES string of the molecule is C[C@]12CCC(=O)N1[C@H](C(=O)N1CCN(c3ccccc3)CC1)CS2. The van der Waals surface area contributed by atoms with Gasteiger partial charge in [0.15, 0.2) is 0 Å². The molecule has 6 heteroatoms. The van der Waals surface area contributed by atoms with Gasteiger partial charge in [-0.3, -0.25) is 9.59 Å². The standard InChI is InChI=1S/C18H23N3O2S/c1-18-8-7-16(22)21(18)15(13-24-18)17(23)20-11-9-19(10-12-20)14-5-3-2-4-6-14/h2-6,15H,7-13H2,1H3/t15-,18-/m0/s1. The highest BCUT2D eigenvalue weighted by Crippen LogP contribution is 2.47. The molecule has 3 heterocycles. The third-order valence-electron chi connectivity index (χ3n) is 5.44. The summed E-state index contributed by atoms with van der Waals surface area (Å²) in [6.45, 7) is 5.26. The van der Waals surface area contributed by atoms with E-state index in [2.05, 4.69) is 24.0 Å². The average molecular weight is 345 g/mol. The molecule has 0 saturated carbocycles. The largest absolute Gasteiger partial charge is 0.368 e. The monoisotopic (exact) mass is 345 g/mol.